The summed E-state index contributed by atoms with van der Waals surface area (Å²) < 4.78 is 1.50. The fourth-order valence-corrected chi connectivity index (χ4v) is 7.80. The van der Waals surface area contributed by atoms with Gasteiger partial charge in [0.2, 0.25) is 5.91 Å². The Hall–Kier alpha value is -2.82. The van der Waals surface area contributed by atoms with Crippen molar-refractivity contribution in [1.29, 1.82) is 0 Å². The number of carbonyl (C=O) groups is 2. The number of ketones is 1. The summed E-state index contributed by atoms with van der Waals surface area (Å²) in [5.74, 6) is 0.636. The van der Waals surface area contributed by atoms with Crippen LogP contribution in [0.25, 0.3) is 10.2 Å². The van der Waals surface area contributed by atoms with E-state index in [2.05, 4.69) is 34.3 Å². The Morgan fingerprint density at radius 3 is 2.76 bits per heavy atom. The van der Waals surface area contributed by atoms with Gasteiger partial charge in [0.1, 0.15) is 28.4 Å². The first-order valence-corrected chi connectivity index (χ1v) is 14.2. The van der Waals surface area contributed by atoms with Gasteiger partial charge < -0.3 is 15.1 Å². The lowest BCUT2D eigenvalue weighted by Gasteiger charge is -2.27. The van der Waals surface area contributed by atoms with Crippen LogP contribution in [-0.2, 0) is 23.2 Å². The molecule has 0 saturated carbocycles. The Morgan fingerprint density at radius 1 is 1.24 bits per heavy atom. The predicted octanol–water partition coefficient (Wildman–Crippen LogP) is 3.84. The van der Waals surface area contributed by atoms with Gasteiger partial charge >= 0.3 is 0 Å². The Kier molecular flexibility index (Phi) is 6.12. The molecular formula is C27H31ClN6O3S. The Labute approximate surface area is 229 Å². The first-order chi connectivity index (χ1) is 18.0. The Morgan fingerprint density at radius 2 is 2.03 bits per heavy atom. The van der Waals surface area contributed by atoms with Crippen molar-refractivity contribution in [3.63, 3.8) is 0 Å². The van der Waals surface area contributed by atoms with Gasteiger partial charge in [-0.15, -0.1) is 11.3 Å². The number of Topliss-reactive ketones (excluding diaryl/α,β-unsaturated/α-hetero) is 1. The third-order valence-corrected chi connectivity index (χ3v) is 9.72. The van der Waals surface area contributed by atoms with E-state index in [1.54, 1.807) is 11.3 Å². The van der Waals surface area contributed by atoms with E-state index in [0.29, 0.717) is 18.3 Å². The quantitative estimate of drug-likeness (QED) is 0.523. The average Bonchev–Trinajstić information content (AvgIpc) is 3.55. The first-order valence-electron chi connectivity index (χ1n) is 13.0. The van der Waals surface area contributed by atoms with Crippen LogP contribution in [0.15, 0.2) is 17.2 Å². The van der Waals surface area contributed by atoms with Crippen molar-refractivity contribution >= 4 is 56.4 Å². The average molecular weight is 555 g/mol. The molecule has 6 rings (SSSR count). The van der Waals surface area contributed by atoms with E-state index in [-0.39, 0.29) is 46.0 Å². The number of pyridine rings is 1. The minimum absolute atomic E-state index is 0.0271. The second kappa shape index (κ2) is 9.14. The molecule has 38 heavy (non-hydrogen) atoms. The van der Waals surface area contributed by atoms with Crippen LogP contribution >= 0.6 is 22.9 Å². The highest BCUT2D eigenvalue weighted by molar-refractivity contribution is 7.19. The summed E-state index contributed by atoms with van der Waals surface area (Å²) in [4.78, 5) is 54.5. The number of likely N-dealkylation sites (tertiary alicyclic amines) is 1. The fraction of sp³-hybridized carbons (Fsp3) is 0.519. The Balaban J connectivity index is 1.31. The summed E-state index contributed by atoms with van der Waals surface area (Å²) in [5.41, 5.74) is 0.723. The molecule has 1 aliphatic carbocycles. The highest BCUT2D eigenvalue weighted by atomic mass is 35.5. The Bertz CT molecular complexity index is 1540. The molecule has 9 nitrogen and oxygen atoms in total. The number of aromatic nitrogens is 3. The van der Waals surface area contributed by atoms with Gasteiger partial charge in [-0.05, 0) is 65.3 Å². The van der Waals surface area contributed by atoms with Gasteiger partial charge in [0.15, 0.2) is 5.78 Å². The molecule has 1 N–H and O–H groups in total. The van der Waals surface area contributed by atoms with Crippen LogP contribution in [0.3, 0.4) is 0 Å². The van der Waals surface area contributed by atoms with E-state index in [4.69, 9.17) is 11.6 Å². The first kappa shape index (κ1) is 25.5. The van der Waals surface area contributed by atoms with Crippen LogP contribution in [0.4, 0.5) is 11.5 Å². The maximum Gasteiger partial charge on any atom is 0.275 e. The van der Waals surface area contributed by atoms with Crippen molar-refractivity contribution in [3.05, 3.63) is 43.9 Å². The van der Waals surface area contributed by atoms with Crippen LogP contribution in [0, 0.1) is 5.92 Å². The predicted molar refractivity (Wildman–Crippen MR) is 149 cm³/mol. The number of thiophene rings is 1. The fourth-order valence-electron chi connectivity index (χ4n) is 6.23. The topological polar surface area (TPSA) is 100 Å². The molecule has 0 spiro atoms. The SMILES string of the molecule is CN(C)[C@H]1CCN(C(=O)[C@H]2CCc3c(sc4ncnc(Nc5cc(Cl)c6n(c5=O)C(C)(C)CC6=O)c34)C2)C1. The number of hydrogen-bond donors (Lipinski definition) is 1. The van der Waals surface area contributed by atoms with E-state index in [9.17, 15) is 14.4 Å². The largest absolute Gasteiger partial charge is 0.341 e. The minimum Gasteiger partial charge on any atom is -0.341 e. The zero-order valence-electron chi connectivity index (χ0n) is 22.0. The molecule has 11 heteroatoms. The van der Waals surface area contributed by atoms with Gasteiger partial charge in [0.25, 0.3) is 5.56 Å². The lowest BCUT2D eigenvalue weighted by molar-refractivity contribution is -0.134. The number of carbonyl (C=O) groups excluding carboxylic acids is 2. The monoisotopic (exact) mass is 554 g/mol. The van der Waals surface area contributed by atoms with Gasteiger partial charge in [0.05, 0.1) is 15.9 Å². The number of rotatable bonds is 4. The molecular weight excluding hydrogens is 524 g/mol. The second-order valence-electron chi connectivity index (χ2n) is 11.5. The number of likely N-dealkylation sites (N-methyl/N-ethyl adjacent to an activating group) is 1. The van der Waals surface area contributed by atoms with Crippen LogP contribution in [0.2, 0.25) is 5.02 Å². The summed E-state index contributed by atoms with van der Waals surface area (Å²) >= 11 is 8.08. The molecule has 2 aliphatic heterocycles. The second-order valence-corrected chi connectivity index (χ2v) is 13.0. The lowest BCUT2D eigenvalue weighted by atomic mass is 9.87. The number of nitrogens with zero attached hydrogens (tertiary/aromatic N) is 5. The van der Waals surface area contributed by atoms with Gasteiger partial charge in [-0.2, -0.15) is 0 Å². The molecule has 3 aromatic rings. The third-order valence-electron chi connectivity index (χ3n) is 8.27. The van der Waals surface area contributed by atoms with Crippen molar-refractivity contribution in [2.45, 2.75) is 57.5 Å². The molecule has 3 aliphatic rings. The molecule has 3 aromatic heterocycles. The molecule has 200 valence electrons. The van der Waals surface area contributed by atoms with Gasteiger partial charge in [-0.25, -0.2) is 9.97 Å². The third kappa shape index (κ3) is 4.04. The number of amides is 1. The minimum atomic E-state index is -0.656. The molecule has 2 atom stereocenters. The highest BCUT2D eigenvalue weighted by Gasteiger charge is 2.39. The molecule has 0 radical (unpaired) electrons. The molecule has 1 saturated heterocycles. The lowest BCUT2D eigenvalue weighted by Crippen LogP contribution is -2.39. The van der Waals surface area contributed by atoms with Gasteiger partial charge in [-0.3, -0.25) is 19.0 Å². The zero-order chi connectivity index (χ0) is 26.9. The number of anilines is 2. The van der Waals surface area contributed by atoms with Crippen LogP contribution in [0.1, 0.15) is 54.0 Å². The van der Waals surface area contributed by atoms with Gasteiger partial charge in [-0.1, -0.05) is 11.6 Å². The normalized spacial score (nSPS) is 22.3. The zero-order valence-corrected chi connectivity index (χ0v) is 23.6. The molecule has 5 heterocycles. The van der Waals surface area contributed by atoms with Crippen molar-refractivity contribution in [2.24, 2.45) is 5.92 Å². The molecule has 1 fully saturated rings. The van der Waals surface area contributed by atoms with E-state index in [1.807, 2.05) is 18.7 Å². The highest BCUT2D eigenvalue weighted by Crippen LogP contribution is 2.41. The van der Waals surface area contributed by atoms with Crippen LogP contribution in [0.5, 0.6) is 0 Å². The summed E-state index contributed by atoms with van der Waals surface area (Å²) in [6.45, 7) is 5.34. The van der Waals surface area contributed by atoms with Crippen LogP contribution in [-0.4, -0.2) is 69.3 Å². The van der Waals surface area contributed by atoms with Crippen molar-refractivity contribution in [1.82, 2.24) is 24.3 Å². The number of fused-ring (bicyclic) bond motifs is 4. The molecule has 0 bridgehead atoms. The van der Waals surface area contributed by atoms with E-state index < -0.39 is 5.54 Å². The summed E-state index contributed by atoms with van der Waals surface area (Å²) in [6, 6.07) is 1.94. The molecule has 1 amide bonds. The van der Waals surface area contributed by atoms with Crippen molar-refractivity contribution in [2.75, 3.05) is 32.5 Å². The van der Waals surface area contributed by atoms with Gasteiger partial charge in [0, 0.05) is 36.3 Å². The molecule has 0 unspecified atom stereocenters. The summed E-state index contributed by atoms with van der Waals surface area (Å²) in [7, 11) is 4.14. The van der Waals surface area contributed by atoms with E-state index in [0.717, 1.165) is 53.0 Å². The number of hydrogen-bond acceptors (Lipinski definition) is 8. The maximum absolute atomic E-state index is 13.5. The van der Waals surface area contributed by atoms with Crippen LogP contribution < -0.4 is 10.9 Å². The number of nitrogens with one attached hydrogen (secondary N) is 1. The summed E-state index contributed by atoms with van der Waals surface area (Å²) in [6.07, 6.45) is 4.96. The number of halogens is 1. The summed E-state index contributed by atoms with van der Waals surface area (Å²) in [5, 5.41) is 4.36. The van der Waals surface area contributed by atoms with Crippen molar-refractivity contribution in [3.8, 4) is 0 Å². The maximum atomic E-state index is 13.5. The number of aryl methyl sites for hydroxylation is 1. The van der Waals surface area contributed by atoms with Crippen molar-refractivity contribution < 1.29 is 9.59 Å². The standard InChI is InChI=1S/C27H31ClN6O3S/c1-27(2)11-19(35)22-17(28)10-18(26(37)34(22)27)31-23-21-16-6-5-14(9-20(16)38-24(21)30-13-29-23)25(36)33-8-7-15(12-33)32(3)4/h10,13-15H,5-9,11-12H2,1-4H3,(H,29,30,31)/t14-,15-/m0/s1. The van der Waals surface area contributed by atoms with E-state index >= 15 is 0 Å². The molecule has 0 aromatic carbocycles. The smallest absolute Gasteiger partial charge is 0.275 e. The van der Waals surface area contributed by atoms with E-state index in [1.165, 1.54) is 17.0 Å².